The third-order valence-corrected chi connectivity index (χ3v) is 20.7. The van der Waals surface area contributed by atoms with Crippen molar-refractivity contribution in [2.24, 2.45) is 11.8 Å². The van der Waals surface area contributed by atoms with Crippen LogP contribution < -0.4 is 0 Å². The third-order valence-electron chi connectivity index (χ3n) is 18.8. The molecule has 0 bridgehead atoms. The van der Waals surface area contributed by atoms with Crippen molar-refractivity contribution in [2.75, 3.05) is 39.6 Å². The second-order valence-corrected chi connectivity index (χ2v) is 32.1. The van der Waals surface area contributed by atoms with Gasteiger partial charge in [0.15, 0.2) is 12.2 Å². The maximum Gasteiger partial charge on any atom is 0.472 e. The summed E-state index contributed by atoms with van der Waals surface area (Å²) >= 11 is 0. The molecular formula is C79H154O17P2. The van der Waals surface area contributed by atoms with Gasteiger partial charge in [-0.1, -0.05) is 363 Å². The Bertz CT molecular complexity index is 1890. The van der Waals surface area contributed by atoms with Crippen LogP contribution in [-0.2, 0) is 65.4 Å². The first-order valence-electron chi connectivity index (χ1n) is 41.0. The number of hydrogen-bond acceptors (Lipinski definition) is 15. The van der Waals surface area contributed by atoms with Gasteiger partial charge in [0.05, 0.1) is 26.4 Å². The second kappa shape index (κ2) is 70.7. The zero-order valence-corrected chi connectivity index (χ0v) is 65.9. The number of aliphatic hydroxyl groups excluding tert-OH is 1. The monoisotopic (exact) mass is 1440 g/mol. The minimum absolute atomic E-state index is 0.107. The Kier molecular flexibility index (Phi) is 69.3. The van der Waals surface area contributed by atoms with Crippen LogP contribution in [-0.4, -0.2) is 96.7 Å². The fourth-order valence-electron chi connectivity index (χ4n) is 12.2. The van der Waals surface area contributed by atoms with E-state index in [1.54, 1.807) is 0 Å². The average Bonchev–Trinajstić information content (AvgIpc) is 0.930. The van der Waals surface area contributed by atoms with E-state index in [4.69, 9.17) is 37.0 Å². The summed E-state index contributed by atoms with van der Waals surface area (Å²) in [6, 6.07) is 0. The molecule has 19 heteroatoms. The van der Waals surface area contributed by atoms with Crippen molar-refractivity contribution in [2.45, 2.75) is 432 Å². The summed E-state index contributed by atoms with van der Waals surface area (Å²) in [5.74, 6) is -0.560. The highest BCUT2D eigenvalue weighted by molar-refractivity contribution is 7.47. The van der Waals surface area contributed by atoms with Crippen LogP contribution in [0.3, 0.4) is 0 Å². The lowest BCUT2D eigenvalue weighted by atomic mass is 9.99. The summed E-state index contributed by atoms with van der Waals surface area (Å²) in [5, 5.41) is 10.6. The molecule has 0 aliphatic carbocycles. The van der Waals surface area contributed by atoms with Gasteiger partial charge in [0.1, 0.15) is 19.3 Å². The van der Waals surface area contributed by atoms with E-state index in [1.165, 1.54) is 225 Å². The van der Waals surface area contributed by atoms with Crippen molar-refractivity contribution in [3.8, 4) is 0 Å². The van der Waals surface area contributed by atoms with Crippen LogP contribution in [0.5, 0.6) is 0 Å². The first-order valence-corrected chi connectivity index (χ1v) is 44.0. The van der Waals surface area contributed by atoms with Gasteiger partial charge in [0.25, 0.3) is 0 Å². The number of aliphatic hydroxyl groups is 1. The maximum atomic E-state index is 13.1. The minimum Gasteiger partial charge on any atom is -0.462 e. The molecule has 3 N–H and O–H groups in total. The molecule has 0 aliphatic heterocycles. The Labute approximate surface area is 600 Å². The highest BCUT2D eigenvalue weighted by Crippen LogP contribution is 2.45. The lowest BCUT2D eigenvalue weighted by molar-refractivity contribution is -0.161. The van der Waals surface area contributed by atoms with Gasteiger partial charge in [-0.2, -0.15) is 0 Å². The van der Waals surface area contributed by atoms with E-state index >= 15 is 0 Å². The van der Waals surface area contributed by atoms with Gasteiger partial charge < -0.3 is 33.8 Å². The predicted molar refractivity (Wildman–Crippen MR) is 400 cm³/mol. The van der Waals surface area contributed by atoms with E-state index in [0.29, 0.717) is 31.6 Å². The Morgan fingerprint density at radius 3 is 0.776 bits per heavy atom. The van der Waals surface area contributed by atoms with E-state index < -0.39 is 97.5 Å². The first kappa shape index (κ1) is 96.1. The van der Waals surface area contributed by atoms with Crippen LogP contribution in [0.1, 0.15) is 414 Å². The number of ether oxygens (including phenoxy) is 4. The van der Waals surface area contributed by atoms with Crippen molar-refractivity contribution in [3.63, 3.8) is 0 Å². The third kappa shape index (κ3) is 71.1. The van der Waals surface area contributed by atoms with Gasteiger partial charge in [0.2, 0.25) is 0 Å². The molecule has 0 aromatic heterocycles. The van der Waals surface area contributed by atoms with Gasteiger partial charge in [-0.15, -0.1) is 0 Å². The Morgan fingerprint density at radius 2 is 0.520 bits per heavy atom. The van der Waals surface area contributed by atoms with Gasteiger partial charge in [0, 0.05) is 25.7 Å². The summed E-state index contributed by atoms with van der Waals surface area (Å²) in [6.45, 7) is 9.62. The molecule has 6 atom stereocenters. The second-order valence-electron chi connectivity index (χ2n) is 29.2. The van der Waals surface area contributed by atoms with Crippen molar-refractivity contribution in [3.05, 3.63) is 0 Å². The fourth-order valence-corrected chi connectivity index (χ4v) is 13.7. The van der Waals surface area contributed by atoms with Crippen LogP contribution in [0.4, 0.5) is 0 Å². The Hall–Kier alpha value is -1.94. The molecule has 0 aliphatic rings. The molecule has 0 saturated heterocycles. The number of hydrogen-bond donors (Lipinski definition) is 3. The molecule has 17 nitrogen and oxygen atoms in total. The SMILES string of the molecule is CCCCCCCCCCCCCCCCCCCCC(=O)OC[C@H](COP(=O)(O)OC[C@@H](O)COP(=O)(O)OC[C@@H](COC(=O)CCCCCCCCCC(C)C)OC(=O)CCCCCCCCCCCCCC)OC(=O)CCCCCCCCCCCCCCCCC(C)CC. The molecule has 0 rings (SSSR count). The average molecular weight is 1440 g/mol. The molecule has 0 aromatic carbocycles. The number of phosphoric ester groups is 2. The number of carbonyl (C=O) groups excluding carboxylic acids is 4. The number of carbonyl (C=O) groups is 4. The molecule has 582 valence electrons. The summed E-state index contributed by atoms with van der Waals surface area (Å²) in [4.78, 5) is 72.9. The Balaban J connectivity index is 5.23. The number of rotatable bonds is 78. The topological polar surface area (TPSA) is 237 Å². The number of esters is 4. The smallest absolute Gasteiger partial charge is 0.462 e. The molecule has 0 saturated carbocycles. The van der Waals surface area contributed by atoms with E-state index in [9.17, 15) is 43.2 Å². The van der Waals surface area contributed by atoms with Crippen LogP contribution in [0.25, 0.3) is 0 Å². The van der Waals surface area contributed by atoms with E-state index in [0.717, 1.165) is 102 Å². The maximum absolute atomic E-state index is 13.1. The fraction of sp³-hybridized carbons (Fsp3) is 0.949. The molecule has 0 amide bonds. The van der Waals surface area contributed by atoms with E-state index in [2.05, 4.69) is 41.5 Å². The lowest BCUT2D eigenvalue weighted by Gasteiger charge is -2.21. The molecule has 0 spiro atoms. The first-order chi connectivity index (χ1) is 47.4. The summed E-state index contributed by atoms with van der Waals surface area (Å²) < 4.78 is 68.6. The van der Waals surface area contributed by atoms with Gasteiger partial charge in [-0.25, -0.2) is 9.13 Å². The van der Waals surface area contributed by atoms with E-state index in [1.807, 2.05) is 0 Å². The van der Waals surface area contributed by atoms with Crippen molar-refractivity contribution in [1.82, 2.24) is 0 Å². The van der Waals surface area contributed by atoms with Crippen molar-refractivity contribution >= 4 is 39.5 Å². The highest BCUT2D eigenvalue weighted by atomic mass is 31.2. The molecule has 0 aromatic rings. The zero-order chi connectivity index (χ0) is 72.1. The van der Waals surface area contributed by atoms with Crippen LogP contribution in [0.2, 0.25) is 0 Å². The van der Waals surface area contributed by atoms with Crippen molar-refractivity contribution in [1.29, 1.82) is 0 Å². The summed E-state index contributed by atoms with van der Waals surface area (Å²) in [6.07, 6.45) is 59.6. The van der Waals surface area contributed by atoms with E-state index in [-0.39, 0.29) is 25.7 Å². The van der Waals surface area contributed by atoms with Gasteiger partial charge >= 0.3 is 39.5 Å². The van der Waals surface area contributed by atoms with Crippen LogP contribution in [0, 0.1) is 11.8 Å². The molecule has 0 radical (unpaired) electrons. The highest BCUT2D eigenvalue weighted by Gasteiger charge is 2.30. The predicted octanol–water partition coefficient (Wildman–Crippen LogP) is 23.5. The molecule has 98 heavy (non-hydrogen) atoms. The van der Waals surface area contributed by atoms with Gasteiger partial charge in [-0.05, 0) is 37.5 Å². The molecule has 0 fully saturated rings. The zero-order valence-electron chi connectivity index (χ0n) is 64.1. The lowest BCUT2D eigenvalue weighted by Crippen LogP contribution is -2.30. The number of unbranched alkanes of at least 4 members (excludes halogenated alkanes) is 47. The largest absolute Gasteiger partial charge is 0.472 e. The molecule has 0 heterocycles. The quantitative estimate of drug-likeness (QED) is 0.0222. The van der Waals surface area contributed by atoms with Crippen LogP contribution >= 0.6 is 15.6 Å². The number of phosphoric acid groups is 2. The molecular weight excluding hydrogens is 1280 g/mol. The normalized spacial score (nSPS) is 14.2. The minimum atomic E-state index is -4.96. The summed E-state index contributed by atoms with van der Waals surface area (Å²) in [7, 11) is -9.91. The van der Waals surface area contributed by atoms with Crippen molar-refractivity contribution < 1.29 is 80.2 Å². The van der Waals surface area contributed by atoms with Gasteiger partial charge in [-0.3, -0.25) is 37.3 Å². The summed E-state index contributed by atoms with van der Waals surface area (Å²) in [5.41, 5.74) is 0. The molecule has 3 unspecified atom stereocenters. The Morgan fingerprint density at radius 1 is 0.296 bits per heavy atom. The van der Waals surface area contributed by atoms with Crippen LogP contribution in [0.15, 0.2) is 0 Å². The standard InChI is InChI=1S/C79H154O17P2/c1-7-10-12-14-16-18-20-22-23-24-25-26-30-34-37-43-49-55-61-76(81)89-67-74(95-79(84)64-58-52-45-39-35-31-28-27-29-32-36-42-48-54-60-72(6)9-3)69-93-97(85,86)91-65-73(80)66-92-98(87,88)94-70-75(68-90-77(82)62-56-50-46-40-41-47-53-59-71(4)5)96-78(83)63-57-51-44-38-33-21-19-17-15-13-11-8-2/h71-75,80H,7-70H2,1-6H3,(H,85,86)(H,87,88)/t72?,73-,74-,75-/m1/s1.